The second-order valence-electron chi connectivity index (χ2n) is 8.86. The first-order chi connectivity index (χ1) is 16.5. The van der Waals surface area contributed by atoms with Gasteiger partial charge in [0, 0.05) is 37.0 Å². The number of aromatic nitrogens is 2. The van der Waals surface area contributed by atoms with Crippen molar-refractivity contribution in [3.05, 3.63) is 56.7 Å². The molecule has 1 atom stereocenters. The molecule has 0 aliphatic carbocycles. The molecule has 1 amide bonds. The van der Waals surface area contributed by atoms with Gasteiger partial charge in [-0.1, -0.05) is 18.2 Å². The predicted molar refractivity (Wildman–Crippen MR) is 130 cm³/mol. The molecule has 5 rings (SSSR count). The molecule has 3 N–H and O–H groups in total. The first-order valence-electron chi connectivity index (χ1n) is 11.4. The second kappa shape index (κ2) is 9.54. The Bertz CT molecular complexity index is 1320. The number of piperidine rings is 1. The van der Waals surface area contributed by atoms with E-state index in [1.54, 1.807) is 22.1 Å². The van der Waals surface area contributed by atoms with E-state index in [1.165, 1.54) is 11.3 Å². The number of fused-ring (bicyclic) bond motifs is 1. The Hall–Kier alpha value is -3.26. The molecule has 10 heteroatoms. The molecule has 34 heavy (non-hydrogen) atoms. The van der Waals surface area contributed by atoms with Crippen LogP contribution < -0.4 is 21.5 Å². The van der Waals surface area contributed by atoms with Crippen LogP contribution in [0.1, 0.15) is 34.3 Å². The standard InChI is InChI=1S/C24H26N6O3S/c25-8-16-4-1-2-5-17(16)10-30-23(32)21-20(28-24(30)29-7-3-6-18(26)11-29)19(14-34-21)22(31)27-9-15-12-33-13-15/h1-2,4-5,14-15,18H,3,6-7,9-13,26H2,(H,27,31). The lowest BCUT2D eigenvalue weighted by atomic mass is 10.1. The van der Waals surface area contributed by atoms with Gasteiger partial charge in [0.25, 0.3) is 11.5 Å². The molecule has 2 aliphatic heterocycles. The first kappa shape index (κ1) is 22.5. The normalized spacial score (nSPS) is 18.5. The molecule has 9 nitrogen and oxygen atoms in total. The molecule has 0 spiro atoms. The summed E-state index contributed by atoms with van der Waals surface area (Å²) in [5.41, 5.74) is 8.09. The number of nitrogens with two attached hydrogens (primary N) is 1. The van der Waals surface area contributed by atoms with Crippen molar-refractivity contribution in [2.24, 2.45) is 11.7 Å². The van der Waals surface area contributed by atoms with Gasteiger partial charge in [-0.3, -0.25) is 14.2 Å². The highest BCUT2D eigenvalue weighted by Gasteiger charge is 2.26. The number of benzene rings is 1. The smallest absolute Gasteiger partial charge is 0.273 e. The summed E-state index contributed by atoms with van der Waals surface area (Å²) >= 11 is 1.22. The second-order valence-corrected chi connectivity index (χ2v) is 9.74. The van der Waals surface area contributed by atoms with E-state index in [-0.39, 0.29) is 24.1 Å². The third kappa shape index (κ3) is 4.30. The number of hydrogen-bond donors (Lipinski definition) is 2. The average molecular weight is 479 g/mol. The number of anilines is 1. The van der Waals surface area contributed by atoms with Crippen molar-refractivity contribution in [3.8, 4) is 6.07 Å². The van der Waals surface area contributed by atoms with Crippen LogP contribution in [0.2, 0.25) is 0 Å². The van der Waals surface area contributed by atoms with Crippen molar-refractivity contribution in [1.82, 2.24) is 14.9 Å². The van der Waals surface area contributed by atoms with Crippen LogP contribution >= 0.6 is 11.3 Å². The Morgan fingerprint density at radius 3 is 2.91 bits per heavy atom. The summed E-state index contributed by atoms with van der Waals surface area (Å²) in [5, 5.41) is 14.2. The molecular formula is C24H26N6O3S. The van der Waals surface area contributed by atoms with Crippen LogP contribution in [0.4, 0.5) is 5.95 Å². The highest BCUT2D eigenvalue weighted by Crippen LogP contribution is 2.27. The molecule has 2 aromatic heterocycles. The summed E-state index contributed by atoms with van der Waals surface area (Å²) in [4.78, 5) is 33.5. The molecule has 2 aliphatic rings. The number of carbonyl (C=O) groups excluding carboxylic acids is 1. The summed E-state index contributed by atoms with van der Waals surface area (Å²) in [6.45, 7) is 3.35. The van der Waals surface area contributed by atoms with Crippen LogP contribution in [0.3, 0.4) is 0 Å². The summed E-state index contributed by atoms with van der Waals surface area (Å²) < 4.78 is 7.21. The van der Waals surface area contributed by atoms with Gasteiger partial charge in [-0.25, -0.2) is 4.98 Å². The fourth-order valence-electron chi connectivity index (χ4n) is 4.40. The van der Waals surface area contributed by atoms with Gasteiger partial charge in [-0.15, -0.1) is 11.3 Å². The number of carbonyl (C=O) groups is 1. The van der Waals surface area contributed by atoms with E-state index in [2.05, 4.69) is 11.4 Å². The summed E-state index contributed by atoms with van der Waals surface area (Å²) in [7, 11) is 0. The Balaban J connectivity index is 1.58. The highest BCUT2D eigenvalue weighted by molar-refractivity contribution is 7.17. The van der Waals surface area contributed by atoms with Crippen LogP contribution in [0.25, 0.3) is 10.2 Å². The molecule has 0 bridgehead atoms. The van der Waals surface area contributed by atoms with E-state index in [4.69, 9.17) is 15.5 Å². The van der Waals surface area contributed by atoms with Crippen LogP contribution in [-0.4, -0.2) is 54.3 Å². The zero-order valence-corrected chi connectivity index (χ0v) is 19.5. The number of thiophene rings is 1. The molecule has 1 aromatic carbocycles. The molecule has 176 valence electrons. The maximum atomic E-state index is 13.7. The largest absolute Gasteiger partial charge is 0.381 e. The third-order valence-electron chi connectivity index (χ3n) is 6.37. The first-order valence-corrected chi connectivity index (χ1v) is 12.3. The van der Waals surface area contributed by atoms with E-state index >= 15 is 0 Å². The van der Waals surface area contributed by atoms with Crippen molar-refractivity contribution in [1.29, 1.82) is 5.26 Å². The average Bonchev–Trinajstić information content (AvgIpc) is 3.24. The molecule has 0 radical (unpaired) electrons. The van der Waals surface area contributed by atoms with Gasteiger partial charge < -0.3 is 20.7 Å². The Morgan fingerprint density at radius 1 is 1.35 bits per heavy atom. The summed E-state index contributed by atoms with van der Waals surface area (Å²) in [6.07, 6.45) is 1.81. The van der Waals surface area contributed by atoms with Crippen LogP contribution in [-0.2, 0) is 11.3 Å². The summed E-state index contributed by atoms with van der Waals surface area (Å²) in [6, 6.07) is 9.42. The number of nitrogens with zero attached hydrogens (tertiary/aromatic N) is 4. The van der Waals surface area contributed by atoms with Gasteiger partial charge in [-0.2, -0.15) is 5.26 Å². The monoisotopic (exact) mass is 478 g/mol. The molecule has 2 saturated heterocycles. The van der Waals surface area contributed by atoms with Crippen LogP contribution in [0.5, 0.6) is 0 Å². The molecule has 2 fully saturated rings. The maximum absolute atomic E-state index is 13.7. The molecule has 0 saturated carbocycles. The lowest BCUT2D eigenvalue weighted by molar-refractivity contribution is -0.0298. The zero-order chi connectivity index (χ0) is 23.7. The van der Waals surface area contributed by atoms with Crippen LogP contribution in [0, 0.1) is 17.2 Å². The highest BCUT2D eigenvalue weighted by atomic mass is 32.1. The topological polar surface area (TPSA) is 126 Å². The van der Waals surface area contributed by atoms with E-state index in [1.807, 2.05) is 17.0 Å². The van der Waals surface area contributed by atoms with Gasteiger partial charge in [0.15, 0.2) is 0 Å². The van der Waals surface area contributed by atoms with Crippen molar-refractivity contribution in [2.45, 2.75) is 25.4 Å². The molecule has 4 heterocycles. The quantitative estimate of drug-likeness (QED) is 0.552. The SMILES string of the molecule is N#Cc1ccccc1Cn1c(N2CCCC(N)C2)nc2c(C(=O)NCC3COC3)csc2c1=O. The number of ether oxygens (including phenoxy) is 1. The Labute approximate surface area is 200 Å². The van der Waals surface area contributed by atoms with E-state index in [9.17, 15) is 14.9 Å². The van der Waals surface area contributed by atoms with Gasteiger partial charge in [0.2, 0.25) is 5.95 Å². The van der Waals surface area contributed by atoms with Gasteiger partial charge in [0.05, 0.1) is 37.0 Å². The van der Waals surface area contributed by atoms with Crippen molar-refractivity contribution in [3.63, 3.8) is 0 Å². The maximum Gasteiger partial charge on any atom is 0.273 e. The molecule has 3 aromatic rings. The third-order valence-corrected chi connectivity index (χ3v) is 7.32. The number of amides is 1. The fraction of sp³-hybridized carbons (Fsp3) is 0.417. The number of rotatable bonds is 6. The zero-order valence-electron chi connectivity index (χ0n) is 18.7. The van der Waals surface area contributed by atoms with E-state index in [0.29, 0.717) is 59.5 Å². The van der Waals surface area contributed by atoms with Gasteiger partial charge in [0.1, 0.15) is 10.2 Å². The van der Waals surface area contributed by atoms with Gasteiger partial charge in [-0.05, 0) is 24.5 Å². The lowest BCUT2D eigenvalue weighted by Gasteiger charge is -2.33. The minimum absolute atomic E-state index is 0.0175. The Kier molecular flexibility index (Phi) is 6.32. The number of hydrogen-bond acceptors (Lipinski definition) is 8. The molecule has 1 unspecified atom stereocenters. The minimum Gasteiger partial charge on any atom is -0.381 e. The Morgan fingerprint density at radius 2 is 2.18 bits per heavy atom. The number of nitrogens with one attached hydrogen (secondary N) is 1. The van der Waals surface area contributed by atoms with E-state index < -0.39 is 0 Å². The predicted octanol–water partition coefficient (Wildman–Crippen LogP) is 1.68. The van der Waals surface area contributed by atoms with Crippen LogP contribution in [0.15, 0.2) is 34.4 Å². The van der Waals surface area contributed by atoms with Crippen molar-refractivity contribution >= 4 is 33.4 Å². The molecular weight excluding hydrogens is 452 g/mol. The lowest BCUT2D eigenvalue weighted by Crippen LogP contribution is -2.45. The number of nitriles is 1. The van der Waals surface area contributed by atoms with E-state index in [0.717, 1.165) is 24.9 Å². The van der Waals surface area contributed by atoms with Crippen molar-refractivity contribution in [2.75, 3.05) is 37.7 Å². The summed E-state index contributed by atoms with van der Waals surface area (Å²) in [5.74, 6) is 0.573. The van der Waals surface area contributed by atoms with Crippen molar-refractivity contribution < 1.29 is 9.53 Å². The fourth-order valence-corrected chi connectivity index (χ4v) is 5.33. The van der Waals surface area contributed by atoms with Gasteiger partial charge >= 0.3 is 0 Å². The minimum atomic E-state index is -0.237.